The van der Waals surface area contributed by atoms with Gasteiger partial charge in [0.15, 0.2) is 4.32 Å². The number of nitrogens with zero attached hydrogens (tertiary/aromatic N) is 2. The summed E-state index contributed by atoms with van der Waals surface area (Å²) >= 11 is 6.81. The van der Waals surface area contributed by atoms with E-state index >= 15 is 0 Å². The number of rotatable bonds is 9. The lowest BCUT2D eigenvalue weighted by Gasteiger charge is -2.13. The predicted molar refractivity (Wildman–Crippen MR) is 143 cm³/mol. The Balaban J connectivity index is 1.66. The summed E-state index contributed by atoms with van der Waals surface area (Å²) in [5.41, 5.74) is 3.82. The first-order chi connectivity index (χ1) is 16.5. The number of thioether (sulfide) groups is 1. The number of anilines is 1. The Hall–Kier alpha value is -2.94. The molecular formula is C26H27N3O3S2. The van der Waals surface area contributed by atoms with Gasteiger partial charge in [0, 0.05) is 37.4 Å². The Kier molecular flexibility index (Phi) is 7.82. The Bertz CT molecular complexity index is 1250. The maximum atomic E-state index is 13.2. The van der Waals surface area contributed by atoms with Gasteiger partial charge in [0.2, 0.25) is 5.91 Å². The number of fused-ring (bicyclic) bond motifs is 1. The van der Waals surface area contributed by atoms with E-state index in [-0.39, 0.29) is 18.4 Å². The molecule has 0 spiro atoms. The number of hydrogen-bond donors (Lipinski definition) is 1. The molecule has 8 heteroatoms. The summed E-state index contributed by atoms with van der Waals surface area (Å²) in [5, 5.41) is 3.96. The summed E-state index contributed by atoms with van der Waals surface area (Å²) in [6, 6.07) is 15.6. The number of carbonyl (C=O) groups excluding carboxylic acids is 2. The van der Waals surface area contributed by atoms with Crippen molar-refractivity contribution in [3.05, 3.63) is 70.8 Å². The molecular weight excluding hydrogens is 466 g/mol. The van der Waals surface area contributed by atoms with Gasteiger partial charge in [0.05, 0.1) is 16.1 Å². The van der Waals surface area contributed by atoms with E-state index in [1.165, 1.54) is 11.8 Å². The number of aryl methyl sites for hydroxylation is 1. The molecule has 2 aromatic carbocycles. The molecule has 1 saturated heterocycles. The van der Waals surface area contributed by atoms with E-state index in [1.54, 1.807) is 12.0 Å². The summed E-state index contributed by atoms with van der Waals surface area (Å²) in [7, 11) is 1.65. The van der Waals surface area contributed by atoms with Gasteiger partial charge in [0.25, 0.3) is 5.91 Å². The third kappa shape index (κ3) is 5.09. The van der Waals surface area contributed by atoms with Crippen molar-refractivity contribution in [2.45, 2.75) is 26.3 Å². The molecule has 0 bridgehead atoms. The number of hydrogen-bond acceptors (Lipinski definition) is 5. The number of ether oxygens (including phenoxy) is 1. The number of para-hydroxylation sites is 2. The fourth-order valence-electron chi connectivity index (χ4n) is 4.05. The summed E-state index contributed by atoms with van der Waals surface area (Å²) < 4.78 is 7.53. The number of benzene rings is 2. The fraction of sp³-hybridized carbons (Fsp3) is 0.269. The minimum Gasteiger partial charge on any atom is -0.385 e. The third-order valence-electron chi connectivity index (χ3n) is 5.65. The van der Waals surface area contributed by atoms with Gasteiger partial charge in [-0.3, -0.25) is 14.5 Å². The van der Waals surface area contributed by atoms with Gasteiger partial charge in [-0.05, 0) is 36.6 Å². The van der Waals surface area contributed by atoms with Crippen molar-refractivity contribution in [1.82, 2.24) is 9.88 Å². The SMILES string of the molecule is CCc1cccc2c(/C=C3\SC(=S)N(c4ccccc4)C3=O)cn(CC(=O)NCCCOC)c12. The van der Waals surface area contributed by atoms with Gasteiger partial charge in [-0.2, -0.15) is 0 Å². The van der Waals surface area contributed by atoms with Crippen LogP contribution in [-0.2, 0) is 27.3 Å². The van der Waals surface area contributed by atoms with Crippen molar-refractivity contribution in [1.29, 1.82) is 0 Å². The minimum atomic E-state index is -0.135. The van der Waals surface area contributed by atoms with Crippen LogP contribution >= 0.6 is 24.0 Å². The van der Waals surface area contributed by atoms with Crippen LogP contribution in [0.4, 0.5) is 5.69 Å². The van der Waals surface area contributed by atoms with Crippen LogP contribution in [0.2, 0.25) is 0 Å². The van der Waals surface area contributed by atoms with Crippen molar-refractivity contribution < 1.29 is 14.3 Å². The Morgan fingerprint density at radius 2 is 1.97 bits per heavy atom. The molecule has 1 N–H and O–H groups in total. The Labute approximate surface area is 209 Å². The van der Waals surface area contributed by atoms with Crippen LogP contribution in [0, 0.1) is 0 Å². The zero-order valence-electron chi connectivity index (χ0n) is 19.2. The van der Waals surface area contributed by atoms with E-state index in [4.69, 9.17) is 17.0 Å². The first-order valence-electron chi connectivity index (χ1n) is 11.2. The molecule has 0 unspecified atom stereocenters. The fourth-order valence-corrected chi connectivity index (χ4v) is 5.34. The van der Waals surface area contributed by atoms with E-state index in [1.807, 2.05) is 59.3 Å². The van der Waals surface area contributed by atoms with Crippen molar-refractivity contribution in [3.8, 4) is 0 Å². The second-order valence-corrected chi connectivity index (χ2v) is 9.60. The van der Waals surface area contributed by atoms with Gasteiger partial charge in [0.1, 0.15) is 6.54 Å². The molecule has 2 heterocycles. The number of methoxy groups -OCH3 is 1. The standard InChI is InChI=1S/C26H27N3O3S2/c1-3-18-9-7-12-21-19(16-28(24(18)21)17-23(30)27-13-8-14-32-2)15-22-25(31)29(26(33)34-22)20-10-5-4-6-11-20/h4-7,9-12,15-16H,3,8,13-14,17H2,1-2H3,(H,27,30)/b22-15-. The van der Waals surface area contributed by atoms with E-state index in [0.717, 1.165) is 40.6 Å². The van der Waals surface area contributed by atoms with Crippen LogP contribution in [0.5, 0.6) is 0 Å². The number of thiocarbonyl (C=S) groups is 1. The molecule has 34 heavy (non-hydrogen) atoms. The highest BCUT2D eigenvalue weighted by Gasteiger charge is 2.33. The molecule has 1 aromatic heterocycles. The quantitative estimate of drug-likeness (QED) is 0.265. The zero-order chi connectivity index (χ0) is 24.1. The molecule has 0 aliphatic carbocycles. The molecule has 0 saturated carbocycles. The van der Waals surface area contributed by atoms with Crippen molar-refractivity contribution >= 4 is 62.8 Å². The first-order valence-corrected chi connectivity index (χ1v) is 12.4. The van der Waals surface area contributed by atoms with Crippen molar-refractivity contribution in [3.63, 3.8) is 0 Å². The summed E-state index contributed by atoms with van der Waals surface area (Å²) in [6.45, 7) is 3.49. The molecule has 176 valence electrons. The van der Waals surface area contributed by atoms with Gasteiger partial charge in [-0.25, -0.2) is 0 Å². The average Bonchev–Trinajstić information content (AvgIpc) is 3.33. The second kappa shape index (κ2) is 11.0. The number of amides is 2. The molecule has 4 rings (SSSR count). The van der Waals surface area contributed by atoms with Crippen LogP contribution in [0.3, 0.4) is 0 Å². The van der Waals surface area contributed by atoms with Gasteiger partial charge in [-0.1, -0.05) is 67.3 Å². The average molecular weight is 494 g/mol. The highest BCUT2D eigenvalue weighted by Crippen LogP contribution is 2.37. The second-order valence-electron chi connectivity index (χ2n) is 7.93. The van der Waals surface area contributed by atoms with Crippen LogP contribution in [-0.4, -0.2) is 41.0 Å². The Morgan fingerprint density at radius 1 is 1.18 bits per heavy atom. The van der Waals surface area contributed by atoms with Crippen molar-refractivity contribution in [2.24, 2.45) is 0 Å². The maximum Gasteiger partial charge on any atom is 0.270 e. The lowest BCUT2D eigenvalue weighted by Crippen LogP contribution is -2.28. The summed E-state index contributed by atoms with van der Waals surface area (Å²) in [6.07, 6.45) is 5.44. The lowest BCUT2D eigenvalue weighted by molar-refractivity contribution is -0.121. The van der Waals surface area contributed by atoms with Crippen LogP contribution in [0.15, 0.2) is 59.6 Å². The summed E-state index contributed by atoms with van der Waals surface area (Å²) in [5.74, 6) is -0.189. The highest BCUT2D eigenvalue weighted by atomic mass is 32.2. The summed E-state index contributed by atoms with van der Waals surface area (Å²) in [4.78, 5) is 27.9. The van der Waals surface area contributed by atoms with E-state index in [2.05, 4.69) is 18.3 Å². The van der Waals surface area contributed by atoms with Crippen LogP contribution < -0.4 is 10.2 Å². The van der Waals surface area contributed by atoms with Crippen molar-refractivity contribution in [2.75, 3.05) is 25.2 Å². The number of carbonyl (C=O) groups is 2. The molecule has 6 nitrogen and oxygen atoms in total. The molecule has 2 amide bonds. The van der Waals surface area contributed by atoms with Gasteiger partial charge < -0.3 is 14.6 Å². The zero-order valence-corrected chi connectivity index (χ0v) is 20.9. The number of nitrogens with one attached hydrogen (secondary N) is 1. The highest BCUT2D eigenvalue weighted by molar-refractivity contribution is 8.27. The normalized spacial score (nSPS) is 15.0. The predicted octanol–water partition coefficient (Wildman–Crippen LogP) is 4.76. The van der Waals surface area contributed by atoms with E-state index in [0.29, 0.717) is 22.4 Å². The van der Waals surface area contributed by atoms with E-state index in [9.17, 15) is 9.59 Å². The van der Waals surface area contributed by atoms with Crippen LogP contribution in [0.1, 0.15) is 24.5 Å². The molecule has 1 aliphatic heterocycles. The monoisotopic (exact) mass is 493 g/mol. The minimum absolute atomic E-state index is 0.0548. The molecule has 1 aliphatic rings. The lowest BCUT2D eigenvalue weighted by atomic mass is 10.1. The largest absolute Gasteiger partial charge is 0.385 e. The smallest absolute Gasteiger partial charge is 0.270 e. The Morgan fingerprint density at radius 3 is 2.71 bits per heavy atom. The molecule has 3 aromatic rings. The number of aromatic nitrogens is 1. The van der Waals surface area contributed by atoms with Gasteiger partial charge >= 0.3 is 0 Å². The molecule has 0 atom stereocenters. The van der Waals surface area contributed by atoms with E-state index < -0.39 is 0 Å². The molecule has 0 radical (unpaired) electrons. The molecule has 1 fully saturated rings. The first kappa shape index (κ1) is 24.2. The van der Waals surface area contributed by atoms with Crippen LogP contribution in [0.25, 0.3) is 17.0 Å². The topological polar surface area (TPSA) is 63.6 Å². The maximum absolute atomic E-state index is 13.2. The van der Waals surface area contributed by atoms with Gasteiger partial charge in [-0.15, -0.1) is 0 Å². The third-order valence-corrected chi connectivity index (χ3v) is 6.95.